The number of pyridine rings is 2. The van der Waals surface area contributed by atoms with Crippen molar-refractivity contribution in [2.24, 2.45) is 0 Å². The topological polar surface area (TPSA) is 25.2 Å². The zero-order chi connectivity index (χ0) is 32.0. The Balaban J connectivity index is 1.33. The summed E-state index contributed by atoms with van der Waals surface area (Å²) in [6, 6.07) is 44.9. The summed E-state index contributed by atoms with van der Waals surface area (Å²) in [5.74, 6) is 2.98. The van der Waals surface area contributed by atoms with Gasteiger partial charge >= 0.3 is 5.66 Å². The van der Waals surface area contributed by atoms with E-state index in [0.29, 0.717) is 0 Å². The van der Waals surface area contributed by atoms with Crippen LogP contribution < -0.4 is 18.8 Å². The van der Waals surface area contributed by atoms with Gasteiger partial charge in [-0.2, -0.15) is 18.6 Å². The Kier molecular flexibility index (Phi) is 3.93. The summed E-state index contributed by atoms with van der Waals surface area (Å²) < 4.78 is 14.8. The average molecular weight is 629 g/mol. The molecule has 5 aliphatic rings. The normalized spacial score (nSPS) is 18.4. The molecule has 0 aliphatic carbocycles. The van der Waals surface area contributed by atoms with Crippen molar-refractivity contribution in [3.63, 3.8) is 0 Å². The number of aromatic nitrogens is 3. The van der Waals surface area contributed by atoms with E-state index in [0.717, 1.165) is 22.7 Å². The number of para-hydroxylation sites is 2. The van der Waals surface area contributed by atoms with Crippen molar-refractivity contribution >= 4 is 39.1 Å². The van der Waals surface area contributed by atoms with Crippen molar-refractivity contribution < 1.29 is 13.9 Å². The van der Waals surface area contributed by atoms with E-state index in [1.807, 2.05) is 0 Å². The molecule has 0 N–H and O–H groups in total. The van der Waals surface area contributed by atoms with Crippen LogP contribution in [0.4, 0.5) is 17.2 Å². The highest BCUT2D eigenvalue weighted by molar-refractivity contribution is 6.15. The first-order chi connectivity index (χ1) is 24.1. The van der Waals surface area contributed by atoms with E-state index in [1.165, 1.54) is 78.1 Å². The van der Waals surface area contributed by atoms with Crippen LogP contribution in [0.25, 0.3) is 49.9 Å². The van der Waals surface area contributed by atoms with Gasteiger partial charge in [0.2, 0.25) is 0 Å². The van der Waals surface area contributed by atoms with Gasteiger partial charge in [0.25, 0.3) is 11.5 Å². The SMILES string of the molecule is CC1(C)c2ccccc2N2c3cccc4c3C3(c5c(ccc6c5-n5c7c(cccc7c7ccc[n+]3c75)-c3ccccc3-6)O4)[n+]3cccc1c32. The van der Waals surface area contributed by atoms with E-state index in [1.54, 1.807) is 0 Å². The molecule has 0 amide bonds. The Hall–Kier alpha value is -6.20. The van der Waals surface area contributed by atoms with Gasteiger partial charge in [0.05, 0.1) is 23.3 Å². The number of nitrogens with zero attached hydrogens (tertiary/aromatic N) is 4. The first-order valence-corrected chi connectivity index (χ1v) is 17.1. The minimum absolute atomic E-state index is 0.215. The molecule has 5 nitrogen and oxygen atoms in total. The number of benzene rings is 5. The van der Waals surface area contributed by atoms with E-state index in [9.17, 15) is 0 Å². The molecule has 5 aliphatic heterocycles. The van der Waals surface area contributed by atoms with Gasteiger partial charge in [-0.15, -0.1) is 0 Å². The summed E-state index contributed by atoms with van der Waals surface area (Å²) >= 11 is 0. The predicted molar refractivity (Wildman–Crippen MR) is 191 cm³/mol. The zero-order valence-electron chi connectivity index (χ0n) is 26.9. The number of rotatable bonds is 0. The van der Waals surface area contributed by atoms with Crippen molar-refractivity contribution in [2.75, 3.05) is 4.90 Å². The number of anilines is 3. The van der Waals surface area contributed by atoms with E-state index in [-0.39, 0.29) is 5.41 Å². The van der Waals surface area contributed by atoms with Crippen LogP contribution in [0, 0.1) is 0 Å². The molecule has 5 aromatic carbocycles. The average Bonchev–Trinajstić information content (AvgIpc) is 3.42. The fourth-order valence-electron chi connectivity index (χ4n) is 10.3. The minimum atomic E-state index is -0.765. The van der Waals surface area contributed by atoms with Crippen molar-refractivity contribution in [2.45, 2.75) is 24.9 Å². The van der Waals surface area contributed by atoms with Gasteiger partial charge in [0.1, 0.15) is 39.5 Å². The third-order valence-corrected chi connectivity index (χ3v) is 12.1. The highest BCUT2D eigenvalue weighted by Crippen LogP contribution is 2.62. The maximum atomic E-state index is 7.09. The summed E-state index contributed by atoms with van der Waals surface area (Å²) in [6.45, 7) is 4.75. The summed E-state index contributed by atoms with van der Waals surface area (Å²) in [5.41, 5.74) is 15.0. The van der Waals surface area contributed by atoms with E-state index in [2.05, 4.69) is 166 Å². The molecule has 1 spiro atoms. The van der Waals surface area contributed by atoms with Crippen LogP contribution in [-0.4, -0.2) is 4.57 Å². The molecule has 1 atom stereocenters. The Morgan fingerprint density at radius 1 is 0.551 bits per heavy atom. The summed E-state index contributed by atoms with van der Waals surface area (Å²) in [7, 11) is 0. The van der Waals surface area contributed by atoms with Crippen molar-refractivity contribution in [3.05, 3.63) is 156 Å². The summed E-state index contributed by atoms with van der Waals surface area (Å²) in [6.07, 6.45) is 4.61. The molecule has 3 aromatic heterocycles. The first kappa shape index (κ1) is 24.9. The third-order valence-electron chi connectivity index (χ3n) is 12.1. The second-order valence-electron chi connectivity index (χ2n) is 14.6. The van der Waals surface area contributed by atoms with Crippen LogP contribution in [0.2, 0.25) is 0 Å². The third kappa shape index (κ3) is 2.44. The van der Waals surface area contributed by atoms with E-state index < -0.39 is 5.66 Å². The van der Waals surface area contributed by atoms with Crippen molar-refractivity contribution in [3.8, 4) is 39.4 Å². The van der Waals surface area contributed by atoms with Crippen LogP contribution >= 0.6 is 0 Å². The standard InChI is InChI=1S/C44H28N4O/c1-43(2)31-16-5-6-18-33(31)47-34-19-8-20-35-37(34)44(46-24-10-17-32(43)42(46)47)38-36(49-35)22-21-29-26-12-4-3-11-25(26)27-13-7-14-28-30-15-9-23-45(44)41(30)48(39(27)28)40(29)38/h3-24H,1-2H3/q+2. The maximum Gasteiger partial charge on any atom is 0.321 e. The van der Waals surface area contributed by atoms with Gasteiger partial charge in [-0.05, 0) is 71.8 Å². The molecule has 5 heteroatoms. The van der Waals surface area contributed by atoms with Crippen LogP contribution in [0.5, 0.6) is 11.5 Å². The van der Waals surface area contributed by atoms with Crippen LogP contribution in [0.15, 0.2) is 134 Å². The summed E-state index contributed by atoms with van der Waals surface area (Å²) in [4.78, 5) is 2.49. The number of ether oxygens (including phenoxy) is 1. The molecule has 8 aromatic rings. The second kappa shape index (κ2) is 7.74. The fraction of sp³-hybridized carbons (Fsp3) is 0.0909. The molecule has 0 bridgehead atoms. The van der Waals surface area contributed by atoms with Gasteiger partial charge in [0, 0.05) is 27.5 Å². The van der Waals surface area contributed by atoms with E-state index >= 15 is 0 Å². The molecule has 228 valence electrons. The van der Waals surface area contributed by atoms with Gasteiger partial charge in [0.15, 0.2) is 5.69 Å². The maximum absolute atomic E-state index is 7.09. The second-order valence-corrected chi connectivity index (χ2v) is 14.6. The molecule has 0 saturated heterocycles. The number of hydrogen-bond acceptors (Lipinski definition) is 2. The lowest BCUT2D eigenvalue weighted by Gasteiger charge is -2.47. The minimum Gasteiger partial charge on any atom is -0.456 e. The fourth-order valence-corrected chi connectivity index (χ4v) is 10.3. The lowest BCUT2D eigenvalue weighted by Crippen LogP contribution is -2.79. The molecule has 0 radical (unpaired) electrons. The van der Waals surface area contributed by atoms with Crippen LogP contribution in [-0.2, 0) is 11.1 Å². The quantitative estimate of drug-likeness (QED) is 0.157. The smallest absolute Gasteiger partial charge is 0.321 e. The molecule has 0 saturated carbocycles. The van der Waals surface area contributed by atoms with Crippen LogP contribution in [0.1, 0.15) is 36.1 Å². The molecule has 13 rings (SSSR count). The van der Waals surface area contributed by atoms with Gasteiger partial charge in [-0.1, -0.05) is 74.5 Å². The van der Waals surface area contributed by atoms with Gasteiger partial charge in [-0.3, -0.25) is 0 Å². The Labute approximate surface area is 282 Å². The predicted octanol–water partition coefficient (Wildman–Crippen LogP) is 9.15. The Bertz CT molecular complexity index is 2920. The van der Waals surface area contributed by atoms with Crippen molar-refractivity contribution in [1.82, 2.24) is 4.57 Å². The first-order valence-electron chi connectivity index (χ1n) is 17.1. The Morgan fingerprint density at radius 2 is 1.24 bits per heavy atom. The highest BCUT2D eigenvalue weighted by Gasteiger charge is 2.67. The number of fused-ring (bicyclic) bond motifs is 7. The largest absolute Gasteiger partial charge is 0.456 e. The highest BCUT2D eigenvalue weighted by atomic mass is 16.5. The van der Waals surface area contributed by atoms with Gasteiger partial charge < -0.3 is 4.74 Å². The zero-order valence-corrected chi connectivity index (χ0v) is 26.9. The molecule has 1 unspecified atom stereocenters. The molecule has 8 heterocycles. The van der Waals surface area contributed by atoms with Gasteiger partial charge in [-0.25, -0.2) is 0 Å². The van der Waals surface area contributed by atoms with Crippen LogP contribution in [0.3, 0.4) is 0 Å². The van der Waals surface area contributed by atoms with E-state index in [4.69, 9.17) is 4.74 Å². The number of hydrogen-bond donors (Lipinski definition) is 0. The molecule has 0 fully saturated rings. The molecular formula is C44H28N4O+2. The van der Waals surface area contributed by atoms with Crippen molar-refractivity contribution in [1.29, 1.82) is 0 Å². The summed E-state index contributed by atoms with van der Waals surface area (Å²) in [5, 5.41) is 2.51. The Morgan fingerprint density at radius 3 is 2.16 bits per heavy atom. The monoisotopic (exact) mass is 628 g/mol. The molecular weight excluding hydrogens is 601 g/mol. The lowest BCUT2D eigenvalue weighted by atomic mass is 9.72. The molecule has 49 heavy (non-hydrogen) atoms. The lowest BCUT2D eigenvalue weighted by molar-refractivity contribution is -0.959.